The zero-order valence-corrected chi connectivity index (χ0v) is 27.0. The maximum Gasteiger partial charge on any atom is 0.147 e. The Bertz CT molecular complexity index is 2990. The highest BCUT2D eigenvalue weighted by Gasteiger charge is 2.22. The van der Waals surface area contributed by atoms with Crippen LogP contribution < -0.4 is 0 Å². The molecule has 0 saturated carbocycles. The summed E-state index contributed by atoms with van der Waals surface area (Å²) < 4.78 is 13.2. The number of rotatable bonds is 3. The van der Waals surface area contributed by atoms with E-state index < -0.39 is 0 Å². The van der Waals surface area contributed by atoms with Gasteiger partial charge in [0, 0.05) is 21.5 Å². The molecule has 0 N–H and O–H groups in total. The molecule has 11 aromatic rings. The first kappa shape index (κ1) is 27.3. The highest BCUT2D eigenvalue weighted by molar-refractivity contribution is 6.23. The van der Waals surface area contributed by atoms with Gasteiger partial charge in [0.25, 0.3) is 0 Å². The van der Waals surface area contributed by atoms with E-state index in [4.69, 9.17) is 8.83 Å². The minimum absolute atomic E-state index is 0.848. The molecule has 2 heterocycles. The molecule has 0 unspecified atom stereocenters. The molecule has 0 saturated heterocycles. The Kier molecular flexibility index (Phi) is 5.70. The first-order valence-electron chi connectivity index (χ1n) is 17.1. The molecule has 232 valence electrons. The van der Waals surface area contributed by atoms with Gasteiger partial charge in [-0.25, -0.2) is 0 Å². The van der Waals surface area contributed by atoms with Gasteiger partial charge in [-0.3, -0.25) is 0 Å². The van der Waals surface area contributed by atoms with E-state index >= 15 is 0 Å². The third kappa shape index (κ3) is 3.90. The average Bonchev–Trinajstić information content (AvgIpc) is 3.74. The molecule has 0 fully saturated rings. The monoisotopic (exact) mass is 636 g/mol. The van der Waals surface area contributed by atoms with Gasteiger partial charge in [-0.05, 0) is 84.4 Å². The molecular formula is C48H28O2. The van der Waals surface area contributed by atoms with Gasteiger partial charge in [-0.2, -0.15) is 0 Å². The van der Waals surface area contributed by atoms with Crippen molar-refractivity contribution in [1.82, 2.24) is 0 Å². The van der Waals surface area contributed by atoms with Crippen molar-refractivity contribution in [3.8, 4) is 33.4 Å². The number of hydrogen-bond acceptors (Lipinski definition) is 2. The lowest BCUT2D eigenvalue weighted by molar-refractivity contribution is 0.658. The standard InChI is InChI=1S/C48H28O2/c1-2-12-32-27-33(26-21-29(32)11-1)45-38-17-5-3-15-36(38)44(37-16-4-6-18-39(37)45)30-22-24-31(25-23-30)46-47-40(34-13-7-9-19-42(34)49-47)28-41-35-14-8-10-20-43(35)50-48(41)46/h1-28H. The fourth-order valence-corrected chi connectivity index (χ4v) is 8.20. The zero-order chi connectivity index (χ0) is 32.8. The van der Waals surface area contributed by atoms with Gasteiger partial charge < -0.3 is 8.83 Å². The lowest BCUT2D eigenvalue weighted by Gasteiger charge is -2.18. The third-order valence-corrected chi connectivity index (χ3v) is 10.4. The minimum atomic E-state index is 0.848. The second kappa shape index (κ2) is 10.4. The van der Waals surface area contributed by atoms with Crippen molar-refractivity contribution in [3.05, 3.63) is 170 Å². The third-order valence-electron chi connectivity index (χ3n) is 10.4. The molecule has 50 heavy (non-hydrogen) atoms. The van der Waals surface area contributed by atoms with Gasteiger partial charge in [-0.1, -0.05) is 146 Å². The van der Waals surface area contributed by atoms with Crippen molar-refractivity contribution in [2.75, 3.05) is 0 Å². The van der Waals surface area contributed by atoms with E-state index in [0.29, 0.717) is 0 Å². The maximum atomic E-state index is 6.59. The molecule has 2 nitrogen and oxygen atoms in total. The van der Waals surface area contributed by atoms with Crippen LogP contribution in [0.4, 0.5) is 0 Å². The van der Waals surface area contributed by atoms with Gasteiger partial charge in [0.1, 0.15) is 22.3 Å². The van der Waals surface area contributed by atoms with Gasteiger partial charge in [0.05, 0.1) is 5.56 Å². The maximum absolute atomic E-state index is 6.59. The van der Waals surface area contributed by atoms with Crippen molar-refractivity contribution in [2.45, 2.75) is 0 Å². The summed E-state index contributed by atoms with van der Waals surface area (Å²) in [6, 6.07) is 60.9. The Hall–Kier alpha value is -6.64. The van der Waals surface area contributed by atoms with Crippen LogP contribution in [0.2, 0.25) is 0 Å². The summed E-state index contributed by atoms with van der Waals surface area (Å²) in [7, 11) is 0. The number of para-hydroxylation sites is 2. The molecule has 0 aliphatic heterocycles. The summed E-state index contributed by atoms with van der Waals surface area (Å²) in [5, 5.41) is 11.9. The van der Waals surface area contributed by atoms with Crippen LogP contribution in [0.5, 0.6) is 0 Å². The summed E-state index contributed by atoms with van der Waals surface area (Å²) in [5.74, 6) is 0. The van der Waals surface area contributed by atoms with Crippen LogP contribution >= 0.6 is 0 Å². The Morgan fingerprint density at radius 3 is 1.20 bits per heavy atom. The van der Waals surface area contributed by atoms with Crippen LogP contribution in [0.3, 0.4) is 0 Å². The molecule has 2 heteroatoms. The van der Waals surface area contributed by atoms with Crippen molar-refractivity contribution in [1.29, 1.82) is 0 Å². The van der Waals surface area contributed by atoms with Crippen LogP contribution in [-0.2, 0) is 0 Å². The average molecular weight is 637 g/mol. The first-order chi connectivity index (χ1) is 24.8. The molecular weight excluding hydrogens is 609 g/mol. The minimum Gasteiger partial charge on any atom is -0.455 e. The van der Waals surface area contributed by atoms with Crippen molar-refractivity contribution in [3.63, 3.8) is 0 Å². The fraction of sp³-hybridized carbons (Fsp3) is 0. The fourth-order valence-electron chi connectivity index (χ4n) is 8.20. The van der Waals surface area contributed by atoms with Crippen molar-refractivity contribution < 1.29 is 8.83 Å². The van der Waals surface area contributed by atoms with Crippen molar-refractivity contribution in [2.24, 2.45) is 0 Å². The summed E-state index contributed by atoms with van der Waals surface area (Å²) in [6.07, 6.45) is 0. The molecule has 0 atom stereocenters. The highest BCUT2D eigenvalue weighted by atomic mass is 16.3. The van der Waals surface area contributed by atoms with Gasteiger partial charge in [0.2, 0.25) is 0 Å². The summed E-state index contributed by atoms with van der Waals surface area (Å²) >= 11 is 0. The molecule has 0 radical (unpaired) electrons. The van der Waals surface area contributed by atoms with E-state index in [1.165, 1.54) is 54.6 Å². The lowest BCUT2D eigenvalue weighted by atomic mass is 9.85. The molecule has 2 aromatic heterocycles. The van der Waals surface area contributed by atoms with E-state index in [2.05, 4.69) is 146 Å². The normalized spacial score (nSPS) is 12.0. The zero-order valence-electron chi connectivity index (χ0n) is 27.0. The summed E-state index contributed by atoms with van der Waals surface area (Å²) in [6.45, 7) is 0. The topological polar surface area (TPSA) is 26.3 Å². The van der Waals surface area contributed by atoms with Crippen LogP contribution in [0.1, 0.15) is 0 Å². The predicted molar refractivity (Wildman–Crippen MR) is 210 cm³/mol. The molecule has 0 spiro atoms. The number of furan rings is 2. The van der Waals surface area contributed by atoms with E-state index in [1.807, 2.05) is 24.3 Å². The Balaban J connectivity index is 1.15. The van der Waals surface area contributed by atoms with Crippen LogP contribution in [-0.4, -0.2) is 0 Å². The number of hydrogen-bond donors (Lipinski definition) is 0. The highest BCUT2D eigenvalue weighted by Crippen LogP contribution is 2.47. The molecule has 0 bridgehead atoms. The second-order valence-corrected chi connectivity index (χ2v) is 13.2. The molecule has 11 rings (SSSR count). The summed E-state index contributed by atoms with van der Waals surface area (Å²) in [5.41, 5.74) is 10.4. The first-order valence-corrected chi connectivity index (χ1v) is 17.1. The SMILES string of the molecule is c1ccc2cc(-c3c4ccccc4c(-c4ccc(-c5c6oc7ccccc7c6cc6c5oc5ccccc56)cc4)c4ccccc34)ccc2c1. The quantitative estimate of drug-likeness (QED) is 0.180. The predicted octanol–water partition coefficient (Wildman–Crippen LogP) is 13.9. The second-order valence-electron chi connectivity index (χ2n) is 13.2. The van der Waals surface area contributed by atoms with Gasteiger partial charge in [0.15, 0.2) is 0 Å². The van der Waals surface area contributed by atoms with Gasteiger partial charge >= 0.3 is 0 Å². The summed E-state index contributed by atoms with van der Waals surface area (Å²) in [4.78, 5) is 0. The van der Waals surface area contributed by atoms with Crippen LogP contribution in [0, 0.1) is 0 Å². The Labute approximate surface area is 287 Å². The number of benzene rings is 9. The van der Waals surface area contributed by atoms with Crippen LogP contribution in [0.25, 0.3) is 110 Å². The smallest absolute Gasteiger partial charge is 0.147 e. The molecule has 0 aliphatic rings. The van der Waals surface area contributed by atoms with Gasteiger partial charge in [-0.15, -0.1) is 0 Å². The Morgan fingerprint density at radius 2 is 0.660 bits per heavy atom. The molecule has 9 aromatic carbocycles. The Morgan fingerprint density at radius 1 is 0.260 bits per heavy atom. The number of fused-ring (bicyclic) bond motifs is 9. The molecule has 0 amide bonds. The van der Waals surface area contributed by atoms with Crippen molar-refractivity contribution >= 4 is 76.2 Å². The van der Waals surface area contributed by atoms with Crippen LogP contribution in [0.15, 0.2) is 179 Å². The largest absolute Gasteiger partial charge is 0.455 e. The molecule has 0 aliphatic carbocycles. The lowest BCUT2D eigenvalue weighted by Crippen LogP contribution is -1.91. The van der Waals surface area contributed by atoms with E-state index in [0.717, 1.165) is 55.0 Å². The van der Waals surface area contributed by atoms with E-state index in [1.54, 1.807) is 0 Å². The van der Waals surface area contributed by atoms with E-state index in [-0.39, 0.29) is 0 Å². The van der Waals surface area contributed by atoms with E-state index in [9.17, 15) is 0 Å².